The molecule has 0 radical (unpaired) electrons. The number of nitrogen functional groups attached to an aromatic ring is 1. The average molecular weight is 507 g/mol. The van der Waals surface area contributed by atoms with Crippen LogP contribution >= 0.6 is 0 Å². The highest BCUT2D eigenvalue weighted by atomic mass is 16.5. The van der Waals surface area contributed by atoms with Crippen LogP contribution in [0.5, 0.6) is 0 Å². The van der Waals surface area contributed by atoms with Crippen LogP contribution < -0.4 is 11.1 Å². The third-order valence-electron chi connectivity index (χ3n) is 5.28. The second-order valence-corrected chi connectivity index (χ2v) is 8.04. The molecule has 6 nitrogen and oxygen atoms in total. The molecule has 0 aliphatic heterocycles. The number of nitrogens with two attached hydrogens (primary N) is 1. The van der Waals surface area contributed by atoms with Crippen LogP contribution in [0.15, 0.2) is 121 Å². The van der Waals surface area contributed by atoms with Gasteiger partial charge < -0.3 is 20.9 Å². The molecule has 4 aromatic rings. The van der Waals surface area contributed by atoms with E-state index in [0.29, 0.717) is 23.5 Å². The molecule has 38 heavy (non-hydrogen) atoms. The molecule has 0 fully saturated rings. The van der Waals surface area contributed by atoms with Gasteiger partial charge in [-0.25, -0.2) is 9.59 Å². The van der Waals surface area contributed by atoms with E-state index in [9.17, 15) is 9.59 Å². The molecular weight excluding hydrogens is 476 g/mol. The minimum atomic E-state index is -0.921. The maximum absolute atomic E-state index is 11.7. The third-order valence-corrected chi connectivity index (χ3v) is 5.28. The van der Waals surface area contributed by atoms with Gasteiger partial charge in [-0.3, -0.25) is 0 Å². The molecule has 4 rings (SSSR count). The van der Waals surface area contributed by atoms with E-state index in [2.05, 4.69) is 5.32 Å². The van der Waals surface area contributed by atoms with Crippen molar-refractivity contribution in [1.82, 2.24) is 0 Å². The van der Waals surface area contributed by atoms with Crippen LogP contribution in [0.1, 0.15) is 31.8 Å². The van der Waals surface area contributed by atoms with Gasteiger partial charge in [0, 0.05) is 17.9 Å². The zero-order valence-electron chi connectivity index (χ0n) is 20.9. The van der Waals surface area contributed by atoms with E-state index in [1.54, 1.807) is 48.5 Å². The normalized spacial score (nSPS) is 10.5. The summed E-state index contributed by atoms with van der Waals surface area (Å²) in [5.74, 6) is -1.33. The lowest BCUT2D eigenvalue weighted by Gasteiger charge is -2.06. The number of hydrogen-bond donors (Lipinski definition) is 3. The number of esters is 1. The van der Waals surface area contributed by atoms with Gasteiger partial charge in [0.25, 0.3) is 0 Å². The first kappa shape index (κ1) is 27.5. The Hall–Kier alpha value is -5.10. The van der Waals surface area contributed by atoms with Gasteiger partial charge in [-0.1, -0.05) is 103 Å². The highest BCUT2D eigenvalue weighted by molar-refractivity contribution is 5.95. The highest BCUT2D eigenvalue weighted by Crippen LogP contribution is 2.15. The summed E-state index contributed by atoms with van der Waals surface area (Å²) in [4.78, 5) is 22.8. The first-order chi connectivity index (χ1) is 18.5. The molecule has 0 aromatic heterocycles. The number of carboxylic acids is 1. The van der Waals surface area contributed by atoms with Crippen molar-refractivity contribution in [2.75, 3.05) is 24.2 Å². The Morgan fingerprint density at radius 2 is 1.24 bits per heavy atom. The summed E-state index contributed by atoms with van der Waals surface area (Å²) < 4.78 is 5.12. The minimum Gasteiger partial charge on any atom is -0.478 e. The van der Waals surface area contributed by atoms with Crippen LogP contribution in [0.25, 0.3) is 12.2 Å². The lowest BCUT2D eigenvalue weighted by molar-refractivity contribution is 0.0550. The molecule has 0 unspecified atom stereocenters. The predicted molar refractivity (Wildman–Crippen MR) is 154 cm³/mol. The van der Waals surface area contributed by atoms with Crippen LogP contribution in [-0.4, -0.2) is 30.2 Å². The summed E-state index contributed by atoms with van der Waals surface area (Å²) >= 11 is 0. The summed E-state index contributed by atoms with van der Waals surface area (Å²) in [5, 5.41) is 12.1. The Morgan fingerprint density at radius 3 is 1.84 bits per heavy atom. The number of aromatic carboxylic acids is 1. The fourth-order valence-corrected chi connectivity index (χ4v) is 3.38. The molecule has 4 aromatic carbocycles. The monoisotopic (exact) mass is 506 g/mol. The quantitative estimate of drug-likeness (QED) is 0.174. The SMILES string of the molecule is Nc1ccccc1C(=O)OCC=Cc1ccccc1.O=C(O)c1ccccc1NCC=Cc1ccccc1. The van der Waals surface area contributed by atoms with Crippen LogP contribution in [-0.2, 0) is 4.74 Å². The van der Waals surface area contributed by atoms with Gasteiger partial charge in [0.05, 0.1) is 11.1 Å². The number of para-hydroxylation sites is 2. The number of carbonyl (C=O) groups is 2. The van der Waals surface area contributed by atoms with E-state index in [-0.39, 0.29) is 12.2 Å². The molecule has 6 heteroatoms. The summed E-state index contributed by atoms with van der Waals surface area (Å²) in [6.45, 7) is 0.807. The number of carboxylic acid groups (broad SMARTS) is 1. The maximum atomic E-state index is 11.7. The van der Waals surface area contributed by atoms with Crippen LogP contribution in [0.3, 0.4) is 0 Å². The van der Waals surface area contributed by atoms with Gasteiger partial charge in [-0.2, -0.15) is 0 Å². The maximum Gasteiger partial charge on any atom is 0.340 e. The minimum absolute atomic E-state index is 0.224. The zero-order chi connectivity index (χ0) is 27.0. The molecule has 0 aliphatic rings. The van der Waals surface area contributed by atoms with E-state index in [1.165, 1.54) is 0 Å². The van der Waals surface area contributed by atoms with Crippen LogP contribution in [0.2, 0.25) is 0 Å². The van der Waals surface area contributed by atoms with E-state index < -0.39 is 11.9 Å². The fraction of sp³-hybridized carbons (Fsp3) is 0.0625. The third kappa shape index (κ3) is 9.17. The number of nitrogens with one attached hydrogen (secondary N) is 1. The number of anilines is 2. The van der Waals surface area contributed by atoms with Gasteiger partial charge in [0.15, 0.2) is 0 Å². The standard InChI is InChI=1S/2C16H15NO2/c17-15-11-5-4-10-14(15)16(18)19-12-6-9-13-7-2-1-3-8-13;18-16(19)14-10-4-5-11-15(14)17-12-6-9-13-7-2-1-3-8-13/h1-11H,12,17H2;1-11,17H,12H2,(H,18,19). The Morgan fingerprint density at radius 1 is 0.711 bits per heavy atom. The van der Waals surface area contributed by atoms with E-state index in [1.807, 2.05) is 85.0 Å². The Kier molecular flexibility index (Phi) is 10.9. The molecule has 0 bridgehead atoms. The topological polar surface area (TPSA) is 102 Å². The molecule has 0 amide bonds. The van der Waals surface area contributed by atoms with Gasteiger partial charge in [-0.15, -0.1) is 0 Å². The van der Waals surface area contributed by atoms with Crippen molar-refractivity contribution >= 4 is 35.5 Å². The Bertz CT molecular complexity index is 1370. The summed E-state index contributed by atoms with van der Waals surface area (Å²) in [6.07, 6.45) is 7.67. The summed E-state index contributed by atoms with van der Waals surface area (Å²) in [5.41, 5.74) is 9.64. The van der Waals surface area contributed by atoms with Crippen molar-refractivity contribution in [3.8, 4) is 0 Å². The van der Waals surface area contributed by atoms with Crippen molar-refractivity contribution in [2.45, 2.75) is 0 Å². The molecule has 0 atom stereocenters. The molecule has 0 saturated carbocycles. The van der Waals surface area contributed by atoms with E-state index in [4.69, 9.17) is 15.6 Å². The Balaban J connectivity index is 0.000000211. The van der Waals surface area contributed by atoms with Crippen molar-refractivity contribution in [3.05, 3.63) is 144 Å². The van der Waals surface area contributed by atoms with Gasteiger partial charge >= 0.3 is 11.9 Å². The molecule has 0 spiro atoms. The summed E-state index contributed by atoms with van der Waals surface area (Å²) in [7, 11) is 0. The highest BCUT2D eigenvalue weighted by Gasteiger charge is 2.09. The van der Waals surface area contributed by atoms with Crippen molar-refractivity contribution in [2.24, 2.45) is 0 Å². The number of rotatable bonds is 9. The fourth-order valence-electron chi connectivity index (χ4n) is 3.38. The molecule has 0 heterocycles. The molecule has 4 N–H and O–H groups in total. The lowest BCUT2D eigenvalue weighted by Crippen LogP contribution is -2.07. The van der Waals surface area contributed by atoms with Crippen LogP contribution in [0, 0.1) is 0 Å². The van der Waals surface area contributed by atoms with E-state index in [0.717, 1.165) is 11.1 Å². The zero-order valence-corrected chi connectivity index (χ0v) is 20.9. The molecule has 192 valence electrons. The Labute approximate surface area is 222 Å². The summed E-state index contributed by atoms with van der Waals surface area (Å²) in [6, 6.07) is 33.5. The number of hydrogen-bond acceptors (Lipinski definition) is 5. The number of carbonyl (C=O) groups excluding carboxylic acids is 1. The van der Waals surface area contributed by atoms with Crippen molar-refractivity contribution < 1.29 is 19.4 Å². The van der Waals surface area contributed by atoms with Crippen LogP contribution in [0.4, 0.5) is 11.4 Å². The number of benzene rings is 4. The van der Waals surface area contributed by atoms with E-state index >= 15 is 0 Å². The lowest BCUT2D eigenvalue weighted by atomic mass is 10.2. The van der Waals surface area contributed by atoms with Crippen molar-refractivity contribution in [1.29, 1.82) is 0 Å². The molecule has 0 saturated heterocycles. The first-order valence-corrected chi connectivity index (χ1v) is 12.1. The average Bonchev–Trinajstić information content (AvgIpc) is 2.95. The first-order valence-electron chi connectivity index (χ1n) is 12.1. The molecule has 0 aliphatic carbocycles. The largest absolute Gasteiger partial charge is 0.478 e. The predicted octanol–water partition coefficient (Wildman–Crippen LogP) is 6.65. The van der Waals surface area contributed by atoms with Gasteiger partial charge in [0.1, 0.15) is 6.61 Å². The van der Waals surface area contributed by atoms with Gasteiger partial charge in [0.2, 0.25) is 0 Å². The second-order valence-electron chi connectivity index (χ2n) is 8.04. The second kappa shape index (κ2) is 15.1. The van der Waals surface area contributed by atoms with Gasteiger partial charge in [-0.05, 0) is 41.5 Å². The molecular formula is C32H30N2O4. The number of ether oxygens (including phenoxy) is 1. The van der Waals surface area contributed by atoms with Crippen molar-refractivity contribution in [3.63, 3.8) is 0 Å². The smallest absolute Gasteiger partial charge is 0.340 e.